The molecule has 21 heteroatoms. The molecule has 0 bridgehead atoms. The van der Waals surface area contributed by atoms with Gasteiger partial charge in [-0.3, -0.25) is 9.36 Å². The van der Waals surface area contributed by atoms with E-state index < -0.39 is 20.9 Å². The number of ether oxygens (including phenoxy) is 5. The quantitative estimate of drug-likeness (QED) is 0.0196. The molecule has 0 aliphatic carbocycles. The van der Waals surface area contributed by atoms with E-state index >= 15 is 0 Å². The van der Waals surface area contributed by atoms with Crippen LogP contribution in [0, 0.1) is 0 Å². The summed E-state index contributed by atoms with van der Waals surface area (Å²) < 4.78 is 71.5. The van der Waals surface area contributed by atoms with Gasteiger partial charge in [-0.05, 0) is 102 Å². The van der Waals surface area contributed by atoms with Gasteiger partial charge in [0.1, 0.15) is 30.3 Å². The maximum atomic E-state index is 12.3. The predicted octanol–water partition coefficient (Wildman–Crippen LogP) is 12.7. The highest BCUT2D eigenvalue weighted by Gasteiger charge is 2.24. The van der Waals surface area contributed by atoms with Crippen molar-refractivity contribution in [1.82, 2.24) is 15.0 Å². The van der Waals surface area contributed by atoms with Gasteiger partial charge in [-0.15, -0.1) is 0 Å². The van der Waals surface area contributed by atoms with Gasteiger partial charge >= 0.3 is 7.60 Å². The Bertz CT molecular complexity index is 2640. The van der Waals surface area contributed by atoms with Gasteiger partial charge in [-0.1, -0.05) is 90.0 Å². The normalized spacial score (nSPS) is 10.8. The molecule has 0 saturated carbocycles. The van der Waals surface area contributed by atoms with Crippen molar-refractivity contribution in [3.63, 3.8) is 0 Å². The first-order valence-electron chi connectivity index (χ1n) is 26.4. The molecule has 0 atom stereocenters. The van der Waals surface area contributed by atoms with Crippen LogP contribution < -0.4 is 19.4 Å². The maximum Gasteiger partial charge on any atom is 0.335 e. The largest absolute Gasteiger partial charge is 0.475 e. The molecule has 448 valence electrons. The fourth-order valence-electron chi connectivity index (χ4n) is 6.34. The summed E-state index contributed by atoms with van der Waals surface area (Å²) >= 11 is 11.2. The smallest absolute Gasteiger partial charge is 0.335 e. The Morgan fingerprint density at radius 1 is 0.488 bits per heavy atom. The highest BCUT2D eigenvalue weighted by molar-refractivity contribution is 7.53. The topological polar surface area (TPSA) is 167 Å². The van der Waals surface area contributed by atoms with E-state index in [1.807, 2.05) is 116 Å². The number of aliphatic hydroxyl groups excluding tert-OH is 1. The van der Waals surface area contributed by atoms with E-state index in [2.05, 4.69) is 85.4 Å². The van der Waals surface area contributed by atoms with Crippen molar-refractivity contribution in [1.29, 1.82) is 0 Å². The number of pyridine rings is 3. The Labute approximate surface area is 494 Å². The second-order valence-corrected chi connectivity index (χ2v) is 20.4. The SMILES string of the molecule is CCOP(=O)(Cc1ccc(N(C)C)cc1)OCC.CN(C)c1ccc(/C=C/c2ccc(Cl)nc2)cc1.CN(C)c1ccc(/C=C/c2ccc(OCCOCCOCCF)nc2)cc1.O=Cc1ccc(Cl)nc1.OCCOCCOCCF. The lowest BCUT2D eigenvalue weighted by Crippen LogP contribution is -2.11. The molecule has 6 aromatic rings. The molecular formula is C61H81Cl2F2N6O10P. The summed E-state index contributed by atoms with van der Waals surface area (Å²) in [6.45, 7) is 6.55. The van der Waals surface area contributed by atoms with E-state index in [1.165, 1.54) is 17.6 Å². The molecule has 0 aliphatic rings. The molecule has 3 heterocycles. The number of aromatic nitrogens is 3. The Kier molecular flexibility index (Phi) is 39.0. The summed E-state index contributed by atoms with van der Waals surface area (Å²) in [5, 5.41) is 9.16. The monoisotopic (exact) mass is 1200 g/mol. The number of aldehydes is 1. The summed E-state index contributed by atoms with van der Waals surface area (Å²) in [4.78, 5) is 28.2. The van der Waals surface area contributed by atoms with Crippen LogP contribution in [-0.4, -0.2) is 161 Å². The third-order valence-corrected chi connectivity index (χ3v) is 13.0. The molecule has 3 aromatic heterocycles. The number of rotatable bonds is 30. The Morgan fingerprint density at radius 3 is 1.22 bits per heavy atom. The molecule has 0 aliphatic heterocycles. The predicted molar refractivity (Wildman–Crippen MR) is 331 cm³/mol. The molecule has 0 saturated heterocycles. The van der Waals surface area contributed by atoms with Crippen molar-refractivity contribution in [2.75, 3.05) is 150 Å². The number of benzene rings is 3. The third-order valence-electron chi connectivity index (χ3n) is 10.5. The van der Waals surface area contributed by atoms with Gasteiger partial charge in [-0.2, -0.15) is 0 Å². The minimum absolute atomic E-state index is 0.0170. The van der Waals surface area contributed by atoms with Gasteiger partial charge in [0, 0.05) is 89.6 Å². The summed E-state index contributed by atoms with van der Waals surface area (Å²) in [5.74, 6) is 0.555. The molecule has 0 fully saturated rings. The first-order valence-corrected chi connectivity index (χ1v) is 28.9. The molecule has 0 amide bonds. The van der Waals surface area contributed by atoms with Crippen molar-refractivity contribution in [3.05, 3.63) is 171 Å². The second-order valence-electron chi connectivity index (χ2n) is 17.6. The van der Waals surface area contributed by atoms with Crippen LogP contribution in [0.2, 0.25) is 10.3 Å². The number of carbonyl (C=O) groups is 1. The van der Waals surface area contributed by atoms with Gasteiger partial charge < -0.3 is 52.5 Å². The van der Waals surface area contributed by atoms with Crippen molar-refractivity contribution >= 4 is 78.5 Å². The highest BCUT2D eigenvalue weighted by atomic mass is 35.5. The number of carbonyl (C=O) groups excluding carboxylic acids is 1. The molecule has 0 unspecified atom stereocenters. The van der Waals surface area contributed by atoms with Crippen molar-refractivity contribution in [2.45, 2.75) is 20.0 Å². The van der Waals surface area contributed by atoms with E-state index in [4.69, 9.17) is 61.0 Å². The third kappa shape index (κ3) is 33.7. The summed E-state index contributed by atoms with van der Waals surface area (Å²) in [6.07, 6.45) is 14.1. The average Bonchev–Trinajstić information content (AvgIpc) is 3.53. The lowest BCUT2D eigenvalue weighted by Gasteiger charge is -2.18. The van der Waals surface area contributed by atoms with Crippen LogP contribution in [0.5, 0.6) is 5.88 Å². The number of aliphatic hydroxyl groups is 1. The van der Waals surface area contributed by atoms with E-state index in [0.717, 1.165) is 39.8 Å². The van der Waals surface area contributed by atoms with Crippen LogP contribution in [0.4, 0.5) is 25.8 Å². The number of nitrogens with zero attached hydrogens (tertiary/aromatic N) is 6. The van der Waals surface area contributed by atoms with Gasteiger partial charge in [0.15, 0.2) is 6.29 Å². The van der Waals surface area contributed by atoms with Gasteiger partial charge in [0.2, 0.25) is 5.88 Å². The number of alkyl halides is 2. The zero-order valence-electron chi connectivity index (χ0n) is 48.4. The second kappa shape index (κ2) is 44.4. The molecular weight excluding hydrogens is 1120 g/mol. The van der Waals surface area contributed by atoms with E-state index in [1.54, 1.807) is 30.6 Å². The zero-order chi connectivity index (χ0) is 60.2. The first-order chi connectivity index (χ1) is 39.6. The number of hydrogen-bond acceptors (Lipinski definition) is 16. The molecule has 6 rings (SSSR count). The Balaban J connectivity index is 0.000000369. The van der Waals surface area contributed by atoms with Crippen LogP contribution in [0.3, 0.4) is 0 Å². The minimum Gasteiger partial charge on any atom is -0.475 e. The van der Waals surface area contributed by atoms with Gasteiger partial charge in [0.25, 0.3) is 0 Å². The van der Waals surface area contributed by atoms with Crippen LogP contribution in [-0.2, 0) is 38.7 Å². The summed E-state index contributed by atoms with van der Waals surface area (Å²) in [6, 6.07) is 35.3. The van der Waals surface area contributed by atoms with Gasteiger partial charge in [-0.25, -0.2) is 23.7 Å². The Morgan fingerprint density at radius 2 is 0.854 bits per heavy atom. The van der Waals surface area contributed by atoms with Crippen molar-refractivity contribution in [3.8, 4) is 5.88 Å². The molecule has 16 nitrogen and oxygen atoms in total. The van der Waals surface area contributed by atoms with Crippen LogP contribution in [0.15, 0.2) is 128 Å². The van der Waals surface area contributed by atoms with Crippen LogP contribution >= 0.6 is 30.8 Å². The maximum absolute atomic E-state index is 12.3. The summed E-state index contributed by atoms with van der Waals surface area (Å²) in [5.41, 5.74) is 9.32. The zero-order valence-corrected chi connectivity index (χ0v) is 50.8. The lowest BCUT2D eigenvalue weighted by molar-refractivity contribution is 0.0295. The van der Waals surface area contributed by atoms with Crippen LogP contribution in [0.25, 0.3) is 24.3 Å². The number of anilines is 3. The molecule has 3 aromatic carbocycles. The van der Waals surface area contributed by atoms with E-state index in [9.17, 15) is 18.1 Å². The molecule has 1 N–H and O–H groups in total. The minimum atomic E-state index is -2.99. The number of halogens is 4. The molecule has 82 heavy (non-hydrogen) atoms. The van der Waals surface area contributed by atoms with Crippen molar-refractivity contribution < 1.29 is 56.0 Å². The number of hydrogen-bond donors (Lipinski definition) is 1. The fourth-order valence-corrected chi connectivity index (χ4v) is 8.26. The lowest BCUT2D eigenvalue weighted by atomic mass is 10.1. The fraction of sp³-hybridized carbons (Fsp3) is 0.377. The van der Waals surface area contributed by atoms with Crippen molar-refractivity contribution in [2.24, 2.45) is 0 Å². The Hall–Kier alpha value is -6.15. The average molecular weight is 1200 g/mol. The van der Waals surface area contributed by atoms with E-state index in [0.29, 0.717) is 87.4 Å². The van der Waals surface area contributed by atoms with E-state index in [-0.39, 0.29) is 19.8 Å². The van der Waals surface area contributed by atoms with Gasteiger partial charge in [0.05, 0.1) is 78.8 Å². The first kappa shape index (κ1) is 72.0. The molecule has 0 radical (unpaired) electrons. The van der Waals surface area contributed by atoms with Crippen LogP contribution in [0.1, 0.15) is 52.0 Å². The highest BCUT2D eigenvalue weighted by Crippen LogP contribution is 2.51. The summed E-state index contributed by atoms with van der Waals surface area (Å²) in [7, 11) is 9.09. The molecule has 0 spiro atoms. The standard InChI is InChI=1S/C21H27FN2O3.C15H15ClN2.C13H22NO3P.C6H4ClNO.C6H13FO3/c1-24(2)20-8-5-18(6-9-20)3-4-19-7-10-21(23-17-19)27-16-15-26-14-13-25-12-11-22;1-18(2)14-8-5-12(6-9-14)3-4-13-7-10-15(16)17-11-13;1-5-16-18(15,17-6-2)11-12-7-9-13(10-8-12)14(3)4;7-6-2-1-5(4-9)3-8-6;7-1-3-9-5-6-10-4-2-8/h3-10,17H,11-16H2,1-2H3;3-11H,1-2H3;7-10H,5-6,11H2,1-4H3;1-4H;8H,1-6H2/b2*4-3+;;;.